The molecule has 0 radical (unpaired) electrons. The molecule has 19 heteroatoms. The lowest BCUT2D eigenvalue weighted by Crippen LogP contribution is -2.63. The van der Waals surface area contributed by atoms with Gasteiger partial charge in [-0.25, -0.2) is 9.37 Å². The number of aromatic nitrogens is 2. The van der Waals surface area contributed by atoms with Gasteiger partial charge >= 0.3 is 12.1 Å². The zero-order chi connectivity index (χ0) is 46.2. The minimum absolute atomic E-state index is 0.0642. The number of carboxylic acids is 1. The number of rotatable bonds is 18. The summed E-state index contributed by atoms with van der Waals surface area (Å²) >= 11 is 12.3. The molecule has 1 saturated heterocycles. The van der Waals surface area contributed by atoms with Gasteiger partial charge in [0.2, 0.25) is 17.7 Å². The summed E-state index contributed by atoms with van der Waals surface area (Å²) in [4.78, 5) is 61.3. The van der Waals surface area contributed by atoms with E-state index in [1.165, 1.54) is 29.8 Å². The lowest BCUT2D eigenvalue weighted by atomic mass is 9.81. The van der Waals surface area contributed by atoms with Crippen LogP contribution in [0.3, 0.4) is 0 Å². The molecule has 1 aliphatic rings. The van der Waals surface area contributed by atoms with Gasteiger partial charge in [-0.3, -0.25) is 19.2 Å². The van der Waals surface area contributed by atoms with E-state index >= 15 is 4.39 Å². The van der Waals surface area contributed by atoms with E-state index in [9.17, 15) is 37.5 Å². The molecule has 0 spiro atoms. The first-order valence-corrected chi connectivity index (χ1v) is 20.9. The van der Waals surface area contributed by atoms with Crippen molar-refractivity contribution in [1.82, 2.24) is 34.9 Å². The summed E-state index contributed by atoms with van der Waals surface area (Å²) in [7, 11) is 7.35. The van der Waals surface area contributed by atoms with E-state index < -0.39 is 72.6 Å². The van der Waals surface area contributed by atoms with Crippen molar-refractivity contribution < 1.29 is 46.6 Å². The number of nitrogens with one attached hydrogen (secondary N) is 2. The number of hydrogen-bond acceptors (Lipinski definition) is 8. The highest BCUT2D eigenvalue weighted by molar-refractivity contribution is 6.31. The van der Waals surface area contributed by atoms with Gasteiger partial charge in [0.05, 0.1) is 55.3 Å². The molecule has 3 aromatic carbocycles. The molecule has 2 heterocycles. The van der Waals surface area contributed by atoms with Crippen LogP contribution >= 0.6 is 23.2 Å². The van der Waals surface area contributed by atoms with E-state index in [-0.39, 0.29) is 42.4 Å². The highest BCUT2D eigenvalue weighted by Crippen LogP contribution is 2.35. The maximum absolute atomic E-state index is 15.4. The molecular formula is C44H51Cl2F4N7O6. The molecule has 5 rings (SSSR count). The molecule has 3 atom stereocenters. The predicted octanol–water partition coefficient (Wildman–Crippen LogP) is 7.09. The number of carboxylic acid groups (broad SMARTS) is 1. The maximum Gasteiger partial charge on any atom is 0.389 e. The summed E-state index contributed by atoms with van der Waals surface area (Å²) < 4.78 is 63.8. The number of benzene rings is 3. The van der Waals surface area contributed by atoms with Crippen molar-refractivity contribution in [2.24, 2.45) is 13.0 Å². The van der Waals surface area contributed by atoms with Crippen LogP contribution in [0.4, 0.5) is 17.6 Å². The van der Waals surface area contributed by atoms with Gasteiger partial charge in [0.15, 0.2) is 0 Å². The molecule has 3 N–H and O–H groups in total. The number of alkyl halides is 3. The zero-order valence-electron chi connectivity index (χ0n) is 35.6. The van der Waals surface area contributed by atoms with Gasteiger partial charge in [0.1, 0.15) is 23.1 Å². The van der Waals surface area contributed by atoms with Gasteiger partial charge < -0.3 is 39.7 Å². The van der Waals surface area contributed by atoms with E-state index in [0.717, 1.165) is 28.7 Å². The van der Waals surface area contributed by atoms with E-state index in [4.69, 9.17) is 27.9 Å². The summed E-state index contributed by atoms with van der Waals surface area (Å²) in [6.07, 6.45) is -4.78. The zero-order valence-corrected chi connectivity index (χ0v) is 37.1. The monoisotopic (exact) mass is 919 g/mol. The highest BCUT2D eigenvalue weighted by Gasteiger charge is 2.45. The first-order chi connectivity index (χ1) is 29.6. The Morgan fingerprint density at radius 3 is 2.33 bits per heavy atom. The number of imidazole rings is 1. The first kappa shape index (κ1) is 48.8. The van der Waals surface area contributed by atoms with Gasteiger partial charge in [0.25, 0.3) is 0 Å². The Morgan fingerprint density at radius 1 is 1.02 bits per heavy atom. The first-order valence-electron chi connectivity index (χ1n) is 20.2. The third-order valence-corrected chi connectivity index (χ3v) is 11.5. The Hall–Kier alpha value is -5.23. The molecule has 13 nitrogen and oxygen atoms in total. The van der Waals surface area contributed by atoms with Crippen LogP contribution in [0, 0.1) is 11.7 Å². The Morgan fingerprint density at radius 2 is 1.70 bits per heavy atom. The van der Waals surface area contributed by atoms with E-state index in [1.54, 1.807) is 42.6 Å². The van der Waals surface area contributed by atoms with E-state index in [1.807, 2.05) is 42.7 Å². The fourth-order valence-electron chi connectivity index (χ4n) is 7.67. The molecular weight excluding hydrogens is 869 g/mol. The summed E-state index contributed by atoms with van der Waals surface area (Å²) in [5.74, 6) is -4.76. The third kappa shape index (κ3) is 13.2. The largest absolute Gasteiger partial charge is 0.481 e. The van der Waals surface area contributed by atoms with Gasteiger partial charge in [-0.05, 0) is 94.4 Å². The summed E-state index contributed by atoms with van der Waals surface area (Å²) in [6, 6.07) is 15.6. The van der Waals surface area contributed by atoms with Crippen LogP contribution in [0.15, 0.2) is 66.9 Å². The smallest absolute Gasteiger partial charge is 0.389 e. The number of amides is 3. The normalized spacial score (nSPS) is 16.4. The minimum Gasteiger partial charge on any atom is -0.481 e. The molecule has 340 valence electrons. The topological polar surface area (TPSA) is 149 Å². The van der Waals surface area contributed by atoms with Crippen molar-refractivity contribution in [2.45, 2.75) is 69.9 Å². The third-order valence-electron chi connectivity index (χ3n) is 11.1. The van der Waals surface area contributed by atoms with Crippen LogP contribution in [0.1, 0.15) is 49.6 Å². The molecule has 3 amide bonds. The highest BCUT2D eigenvalue weighted by atomic mass is 35.5. The molecule has 0 aliphatic carbocycles. The number of halogens is 6. The molecule has 0 unspecified atom stereocenters. The fraction of sp³-hybridized carbons (Fsp3) is 0.432. The van der Waals surface area contributed by atoms with Gasteiger partial charge in [-0.15, -0.1) is 0 Å². The lowest BCUT2D eigenvalue weighted by Gasteiger charge is -2.49. The maximum atomic E-state index is 15.4. The van der Waals surface area contributed by atoms with Crippen LogP contribution < -0.4 is 15.4 Å². The lowest BCUT2D eigenvalue weighted by molar-refractivity contribution is -0.165. The van der Waals surface area contributed by atoms with Crippen molar-refractivity contribution in [2.75, 3.05) is 40.8 Å². The van der Waals surface area contributed by atoms with Gasteiger partial charge in [-0.1, -0.05) is 35.3 Å². The Balaban J connectivity index is 1.25. The van der Waals surface area contributed by atoms with Crippen molar-refractivity contribution >= 4 is 46.9 Å². The Kier molecular flexibility index (Phi) is 16.2. The summed E-state index contributed by atoms with van der Waals surface area (Å²) in [5, 5.41) is 15.4. The number of piperidine rings is 1. The van der Waals surface area contributed by atoms with E-state index in [0.29, 0.717) is 30.2 Å². The second-order valence-electron chi connectivity index (χ2n) is 16.1. The molecule has 0 bridgehead atoms. The SMILES string of the molecule is C[C@H](NCc1c(F)cc(Cl)cc1Oc1ccc(-c2cnc(CN(C)C)n2C)cc1)C(=O)NCC(=O)N(C)[C@@]1(Cc2ccc(Cl)cc2)CCCN(C(=O)[C@@H](CC(=O)O)CC(F)(F)F)C1. The number of hydrogen-bond donors (Lipinski definition) is 3. The number of likely N-dealkylation sites (N-methyl/N-ethyl adjacent to an activating group) is 1. The molecule has 1 fully saturated rings. The molecule has 63 heavy (non-hydrogen) atoms. The average Bonchev–Trinajstić information content (AvgIpc) is 3.57. The van der Waals surface area contributed by atoms with Crippen LogP contribution in [0.2, 0.25) is 10.0 Å². The van der Waals surface area contributed by atoms with Crippen molar-refractivity contribution in [3.05, 3.63) is 99.7 Å². The van der Waals surface area contributed by atoms with Gasteiger partial charge in [0, 0.05) is 54.9 Å². The molecule has 1 aliphatic heterocycles. The second kappa shape index (κ2) is 21.0. The van der Waals surface area contributed by atoms with Crippen molar-refractivity contribution in [1.29, 1.82) is 0 Å². The standard InChI is InChI=1S/C44H51Cl2F4N7O6/c1-27(51-22-34-35(47)18-32(46)19-37(34)63-33-13-9-29(10-14-33)36-23-52-38(55(36)4)25-54(2)3)41(61)53-24-39(58)56(5)43(20-28-7-11-31(45)12-8-28)15-6-16-57(26-43)42(62)30(17-40(59)60)21-44(48,49)50/h7-14,18-19,23,27,30,51H,6,15-17,20-22,24-26H2,1-5H3,(H,53,61)(H,59,60)/t27-,30-,43+/m0/s1. The van der Waals surface area contributed by atoms with Crippen LogP contribution in [0.25, 0.3) is 11.3 Å². The predicted molar refractivity (Wildman–Crippen MR) is 230 cm³/mol. The number of carbonyl (C=O) groups is 4. The molecule has 4 aromatic rings. The van der Waals surface area contributed by atoms with Crippen molar-refractivity contribution in [3.63, 3.8) is 0 Å². The quantitative estimate of drug-likeness (QED) is 0.0891. The Bertz CT molecular complexity index is 2260. The van der Waals surface area contributed by atoms with E-state index in [2.05, 4.69) is 15.6 Å². The van der Waals surface area contributed by atoms with Crippen LogP contribution in [0.5, 0.6) is 11.5 Å². The number of nitrogens with zero attached hydrogens (tertiary/aromatic N) is 5. The van der Waals surface area contributed by atoms with Crippen LogP contribution in [-0.2, 0) is 45.7 Å². The number of aliphatic carboxylic acids is 1. The van der Waals surface area contributed by atoms with Crippen LogP contribution in [-0.4, -0.2) is 112 Å². The summed E-state index contributed by atoms with van der Waals surface area (Å²) in [5.41, 5.74) is 1.47. The number of ether oxygens (including phenoxy) is 1. The Labute approximate surface area is 373 Å². The average molecular weight is 921 g/mol. The van der Waals surface area contributed by atoms with Crippen molar-refractivity contribution in [3.8, 4) is 22.8 Å². The minimum atomic E-state index is -4.78. The van der Waals surface area contributed by atoms with Gasteiger partial charge in [-0.2, -0.15) is 13.2 Å². The molecule has 1 aromatic heterocycles. The summed E-state index contributed by atoms with van der Waals surface area (Å²) in [6.45, 7) is 1.44. The fourth-order valence-corrected chi connectivity index (χ4v) is 7.99. The molecule has 0 saturated carbocycles. The number of carbonyl (C=O) groups excluding carboxylic acids is 3. The number of likely N-dealkylation sites (tertiary alicyclic amines) is 1. The second-order valence-corrected chi connectivity index (χ2v) is 17.0.